The molecule has 3 unspecified atom stereocenters. The molecule has 2 aliphatic rings. The third-order valence-corrected chi connectivity index (χ3v) is 4.33. The van der Waals surface area contributed by atoms with Crippen LogP contribution in [0.2, 0.25) is 0 Å². The van der Waals surface area contributed by atoms with Gasteiger partial charge in [0.25, 0.3) is 0 Å². The summed E-state index contributed by atoms with van der Waals surface area (Å²) in [6.07, 6.45) is 2.11. The number of hydrogen-bond acceptors (Lipinski definition) is 3. The summed E-state index contributed by atoms with van der Waals surface area (Å²) in [5, 5.41) is 6.55. The fourth-order valence-electron chi connectivity index (χ4n) is 3.56. The van der Waals surface area contributed by atoms with E-state index >= 15 is 0 Å². The number of fused-ring (bicyclic) bond motifs is 1. The van der Waals surface area contributed by atoms with E-state index in [0.29, 0.717) is 24.5 Å². The molecular formula is C15H28N2O2. The predicted octanol–water partition coefficient (Wildman–Crippen LogP) is 1.69. The minimum atomic E-state index is -0.142. The minimum Gasteiger partial charge on any atom is -0.377 e. The summed E-state index contributed by atoms with van der Waals surface area (Å²) in [6.45, 7) is 12.2. The lowest BCUT2D eigenvalue weighted by Gasteiger charge is -2.55. The monoisotopic (exact) mass is 268 g/mol. The molecule has 1 heterocycles. The van der Waals surface area contributed by atoms with Crippen molar-refractivity contribution in [1.29, 1.82) is 0 Å². The number of carbonyl (C=O) groups is 1. The van der Waals surface area contributed by atoms with Gasteiger partial charge in [0.15, 0.2) is 0 Å². The number of ether oxygens (including phenoxy) is 1. The Morgan fingerprint density at radius 2 is 2.05 bits per heavy atom. The van der Waals surface area contributed by atoms with Crippen molar-refractivity contribution < 1.29 is 9.53 Å². The first kappa shape index (κ1) is 14.8. The van der Waals surface area contributed by atoms with Crippen molar-refractivity contribution in [2.75, 3.05) is 13.2 Å². The van der Waals surface area contributed by atoms with Crippen LogP contribution in [0.3, 0.4) is 0 Å². The third-order valence-electron chi connectivity index (χ3n) is 4.33. The van der Waals surface area contributed by atoms with Gasteiger partial charge in [-0.2, -0.15) is 0 Å². The predicted molar refractivity (Wildman–Crippen MR) is 75.9 cm³/mol. The van der Waals surface area contributed by atoms with E-state index in [0.717, 1.165) is 19.6 Å². The molecule has 110 valence electrons. The third kappa shape index (κ3) is 3.11. The Hall–Kier alpha value is -0.610. The van der Waals surface area contributed by atoms with E-state index in [4.69, 9.17) is 4.74 Å². The van der Waals surface area contributed by atoms with Gasteiger partial charge in [-0.25, -0.2) is 0 Å². The Morgan fingerprint density at radius 1 is 1.37 bits per heavy atom. The SMILES string of the molecule is CC(C)(C)NC(=O)CCNC1C2CCOC2C1(C)C. The molecule has 0 bridgehead atoms. The van der Waals surface area contributed by atoms with Crippen LogP contribution in [0.1, 0.15) is 47.5 Å². The van der Waals surface area contributed by atoms with Gasteiger partial charge in [0.1, 0.15) is 0 Å². The molecular weight excluding hydrogens is 240 g/mol. The Kier molecular flexibility index (Phi) is 3.94. The molecule has 1 saturated heterocycles. The zero-order valence-corrected chi connectivity index (χ0v) is 12.9. The molecule has 4 heteroatoms. The van der Waals surface area contributed by atoms with Crippen LogP contribution in [-0.2, 0) is 9.53 Å². The highest BCUT2D eigenvalue weighted by molar-refractivity contribution is 5.76. The largest absolute Gasteiger partial charge is 0.377 e. The van der Waals surface area contributed by atoms with Crippen LogP contribution in [0.4, 0.5) is 0 Å². The van der Waals surface area contributed by atoms with Crippen LogP contribution in [0.15, 0.2) is 0 Å². The highest BCUT2D eigenvalue weighted by Gasteiger charge is 2.58. The number of rotatable bonds is 4. The van der Waals surface area contributed by atoms with Crippen LogP contribution in [0.5, 0.6) is 0 Å². The average molecular weight is 268 g/mol. The highest BCUT2D eigenvalue weighted by Crippen LogP contribution is 2.51. The Labute approximate surface area is 116 Å². The summed E-state index contributed by atoms with van der Waals surface area (Å²) >= 11 is 0. The number of amides is 1. The zero-order valence-electron chi connectivity index (χ0n) is 12.9. The van der Waals surface area contributed by atoms with Crippen molar-refractivity contribution in [2.45, 2.75) is 65.1 Å². The normalized spacial score (nSPS) is 32.6. The van der Waals surface area contributed by atoms with Gasteiger partial charge in [0, 0.05) is 42.5 Å². The second kappa shape index (κ2) is 5.06. The molecule has 1 amide bonds. The summed E-state index contributed by atoms with van der Waals surface area (Å²) in [7, 11) is 0. The number of carbonyl (C=O) groups excluding carboxylic acids is 1. The van der Waals surface area contributed by atoms with E-state index in [-0.39, 0.29) is 16.9 Å². The quantitative estimate of drug-likeness (QED) is 0.816. The van der Waals surface area contributed by atoms with E-state index in [1.54, 1.807) is 0 Å². The van der Waals surface area contributed by atoms with Gasteiger partial charge in [-0.15, -0.1) is 0 Å². The van der Waals surface area contributed by atoms with Crippen molar-refractivity contribution in [3.8, 4) is 0 Å². The fourth-order valence-corrected chi connectivity index (χ4v) is 3.56. The molecule has 4 nitrogen and oxygen atoms in total. The van der Waals surface area contributed by atoms with Gasteiger partial charge in [-0.05, 0) is 27.2 Å². The fraction of sp³-hybridized carbons (Fsp3) is 0.933. The molecule has 0 radical (unpaired) electrons. The molecule has 2 N–H and O–H groups in total. The molecule has 0 spiro atoms. The maximum atomic E-state index is 11.8. The molecule has 0 aromatic carbocycles. The van der Waals surface area contributed by atoms with Gasteiger partial charge in [0.2, 0.25) is 5.91 Å². The average Bonchev–Trinajstić information content (AvgIpc) is 2.68. The topological polar surface area (TPSA) is 50.4 Å². The molecule has 2 fully saturated rings. The molecule has 1 aliphatic carbocycles. The number of hydrogen-bond donors (Lipinski definition) is 2. The Morgan fingerprint density at radius 3 is 2.68 bits per heavy atom. The van der Waals surface area contributed by atoms with Gasteiger partial charge in [-0.1, -0.05) is 13.8 Å². The van der Waals surface area contributed by atoms with Crippen molar-refractivity contribution >= 4 is 5.91 Å². The van der Waals surface area contributed by atoms with Crippen LogP contribution < -0.4 is 10.6 Å². The first-order valence-corrected chi connectivity index (χ1v) is 7.38. The van der Waals surface area contributed by atoms with E-state index < -0.39 is 0 Å². The van der Waals surface area contributed by atoms with E-state index in [9.17, 15) is 4.79 Å². The first-order chi connectivity index (χ1) is 8.72. The maximum Gasteiger partial charge on any atom is 0.221 e. The van der Waals surface area contributed by atoms with E-state index in [1.165, 1.54) is 0 Å². The van der Waals surface area contributed by atoms with Gasteiger partial charge in [0.05, 0.1) is 6.10 Å². The van der Waals surface area contributed by atoms with Crippen LogP contribution >= 0.6 is 0 Å². The number of nitrogens with one attached hydrogen (secondary N) is 2. The summed E-state index contributed by atoms with van der Waals surface area (Å²) in [5.41, 5.74) is 0.0544. The highest BCUT2D eigenvalue weighted by atomic mass is 16.5. The second-order valence-corrected chi connectivity index (χ2v) is 7.55. The van der Waals surface area contributed by atoms with Crippen LogP contribution in [-0.4, -0.2) is 36.7 Å². The summed E-state index contributed by atoms with van der Waals surface area (Å²) in [6, 6.07) is 0.488. The maximum absolute atomic E-state index is 11.8. The van der Waals surface area contributed by atoms with Crippen molar-refractivity contribution in [2.24, 2.45) is 11.3 Å². The molecule has 1 aliphatic heterocycles. The molecule has 19 heavy (non-hydrogen) atoms. The Balaban J connectivity index is 1.73. The lowest BCUT2D eigenvalue weighted by molar-refractivity contribution is -0.124. The zero-order chi connectivity index (χ0) is 14.3. The van der Waals surface area contributed by atoms with Crippen LogP contribution in [0, 0.1) is 11.3 Å². The molecule has 0 aromatic rings. The standard InChI is InChI=1S/C15H28N2O2/c1-14(2,3)17-11(18)6-8-16-12-10-7-9-19-13(10)15(12,4)5/h10,12-13,16H,6-9H2,1-5H3,(H,17,18). The second-order valence-electron chi connectivity index (χ2n) is 7.55. The molecule has 0 aromatic heterocycles. The lowest BCUT2D eigenvalue weighted by Crippen LogP contribution is -2.66. The van der Waals surface area contributed by atoms with Gasteiger partial charge >= 0.3 is 0 Å². The lowest BCUT2D eigenvalue weighted by atomic mass is 9.57. The van der Waals surface area contributed by atoms with E-state index in [1.807, 2.05) is 20.8 Å². The van der Waals surface area contributed by atoms with Crippen molar-refractivity contribution in [3.05, 3.63) is 0 Å². The van der Waals surface area contributed by atoms with Gasteiger partial charge < -0.3 is 15.4 Å². The van der Waals surface area contributed by atoms with Gasteiger partial charge in [-0.3, -0.25) is 4.79 Å². The van der Waals surface area contributed by atoms with Crippen molar-refractivity contribution in [3.63, 3.8) is 0 Å². The molecule has 1 saturated carbocycles. The van der Waals surface area contributed by atoms with Crippen molar-refractivity contribution in [1.82, 2.24) is 10.6 Å². The minimum absolute atomic E-state index is 0.122. The molecule has 2 rings (SSSR count). The van der Waals surface area contributed by atoms with Crippen LogP contribution in [0.25, 0.3) is 0 Å². The summed E-state index contributed by atoms with van der Waals surface area (Å²) in [5.74, 6) is 0.761. The Bertz CT molecular complexity index is 347. The molecule has 3 atom stereocenters. The summed E-state index contributed by atoms with van der Waals surface area (Å²) in [4.78, 5) is 11.8. The first-order valence-electron chi connectivity index (χ1n) is 7.38. The smallest absolute Gasteiger partial charge is 0.221 e. The van der Waals surface area contributed by atoms with E-state index in [2.05, 4.69) is 24.5 Å². The summed E-state index contributed by atoms with van der Waals surface area (Å²) < 4.78 is 5.77.